The fourth-order valence-electron chi connectivity index (χ4n) is 4.61. The Balaban J connectivity index is 1.38. The lowest BCUT2D eigenvalue weighted by Crippen LogP contribution is -2.39. The fourth-order valence-corrected chi connectivity index (χ4v) is 4.61. The van der Waals surface area contributed by atoms with Crippen LogP contribution >= 0.6 is 0 Å². The van der Waals surface area contributed by atoms with Crippen LogP contribution in [0.5, 0.6) is 0 Å². The van der Waals surface area contributed by atoms with Crippen molar-refractivity contribution in [2.24, 2.45) is 0 Å². The number of aryl methyl sites for hydroxylation is 1. The van der Waals surface area contributed by atoms with E-state index in [0.29, 0.717) is 6.04 Å². The second kappa shape index (κ2) is 8.38. The van der Waals surface area contributed by atoms with Gasteiger partial charge in [-0.3, -0.25) is 4.79 Å². The Hall–Kier alpha value is -3.40. The van der Waals surface area contributed by atoms with Crippen molar-refractivity contribution in [2.45, 2.75) is 32.2 Å². The maximum Gasteiger partial charge on any atom is 0.253 e. The van der Waals surface area contributed by atoms with Crippen LogP contribution in [0.15, 0.2) is 78.9 Å². The highest BCUT2D eigenvalue weighted by Gasteiger charge is 2.27. The normalized spacial score (nSPS) is 14.8. The third-order valence-electron chi connectivity index (χ3n) is 6.29. The molecule has 1 amide bonds. The van der Waals surface area contributed by atoms with Gasteiger partial charge in [0, 0.05) is 31.1 Å². The maximum atomic E-state index is 12.9. The van der Waals surface area contributed by atoms with E-state index >= 15 is 0 Å². The Kier molecular flexibility index (Phi) is 5.29. The topological polar surface area (TPSA) is 38.1 Å². The van der Waals surface area contributed by atoms with Gasteiger partial charge in [0.25, 0.3) is 5.91 Å². The lowest BCUT2D eigenvalue weighted by molar-refractivity contribution is 0.0695. The standard InChI is InChI=1S/C27H27N3O/c1-20-11-13-22(14-12-20)27(31)29-17-15-23(16-18-29)30-25-10-6-5-9-24(25)28-26(30)19-21-7-3-2-4-8-21/h2-14,23H,15-19H2,1H3. The van der Waals surface area contributed by atoms with Crippen LogP contribution in [0.2, 0.25) is 0 Å². The summed E-state index contributed by atoms with van der Waals surface area (Å²) >= 11 is 0. The summed E-state index contributed by atoms with van der Waals surface area (Å²) in [5, 5.41) is 0. The highest BCUT2D eigenvalue weighted by molar-refractivity contribution is 5.94. The van der Waals surface area contributed by atoms with E-state index in [1.165, 1.54) is 16.6 Å². The number of hydrogen-bond acceptors (Lipinski definition) is 2. The summed E-state index contributed by atoms with van der Waals surface area (Å²) in [4.78, 5) is 19.9. The molecule has 3 aromatic carbocycles. The van der Waals surface area contributed by atoms with E-state index in [-0.39, 0.29) is 5.91 Å². The first-order chi connectivity index (χ1) is 15.2. The molecule has 1 aliphatic rings. The molecule has 0 atom stereocenters. The van der Waals surface area contributed by atoms with Crippen LogP contribution in [0.4, 0.5) is 0 Å². The molecule has 4 nitrogen and oxygen atoms in total. The smallest absolute Gasteiger partial charge is 0.253 e. The minimum atomic E-state index is 0.137. The molecule has 0 unspecified atom stereocenters. The van der Waals surface area contributed by atoms with Gasteiger partial charge < -0.3 is 9.47 Å². The quantitative estimate of drug-likeness (QED) is 0.452. The van der Waals surface area contributed by atoms with Gasteiger partial charge in [0.1, 0.15) is 5.82 Å². The predicted octanol–water partition coefficient (Wildman–Crippen LogP) is 5.41. The number of carbonyl (C=O) groups excluding carboxylic acids is 1. The molecule has 1 fully saturated rings. The number of para-hydroxylation sites is 2. The first-order valence-corrected chi connectivity index (χ1v) is 11.0. The molecule has 5 rings (SSSR count). The largest absolute Gasteiger partial charge is 0.338 e. The zero-order valence-electron chi connectivity index (χ0n) is 17.9. The number of benzene rings is 3. The monoisotopic (exact) mass is 409 g/mol. The van der Waals surface area contributed by atoms with Gasteiger partial charge in [-0.25, -0.2) is 4.98 Å². The van der Waals surface area contributed by atoms with Crippen molar-refractivity contribution in [3.63, 3.8) is 0 Å². The van der Waals surface area contributed by atoms with Gasteiger partial charge in [-0.2, -0.15) is 0 Å². The van der Waals surface area contributed by atoms with Crippen LogP contribution in [-0.4, -0.2) is 33.4 Å². The molecule has 1 aromatic heterocycles. The molecule has 0 N–H and O–H groups in total. The molecular formula is C27H27N3O. The summed E-state index contributed by atoms with van der Waals surface area (Å²) in [5.41, 5.74) is 5.46. The van der Waals surface area contributed by atoms with Gasteiger partial charge >= 0.3 is 0 Å². The number of hydrogen-bond donors (Lipinski definition) is 0. The SMILES string of the molecule is Cc1ccc(C(=O)N2CCC(n3c(Cc4ccccc4)nc4ccccc43)CC2)cc1. The molecule has 1 saturated heterocycles. The van der Waals surface area contributed by atoms with Gasteiger partial charge in [-0.05, 0) is 49.6 Å². The molecule has 4 aromatic rings. The van der Waals surface area contributed by atoms with Crippen LogP contribution in [0.1, 0.15) is 46.2 Å². The van der Waals surface area contributed by atoms with Crippen LogP contribution < -0.4 is 0 Å². The first kappa shape index (κ1) is 19.6. The van der Waals surface area contributed by atoms with Crippen LogP contribution in [0, 0.1) is 6.92 Å². The van der Waals surface area contributed by atoms with E-state index < -0.39 is 0 Å². The van der Waals surface area contributed by atoms with Gasteiger partial charge in [-0.1, -0.05) is 60.2 Å². The van der Waals surface area contributed by atoms with E-state index in [1.54, 1.807) is 0 Å². The number of rotatable bonds is 4. The summed E-state index contributed by atoms with van der Waals surface area (Å²) in [6, 6.07) is 27.2. The van der Waals surface area contributed by atoms with Crippen molar-refractivity contribution in [1.82, 2.24) is 14.5 Å². The number of likely N-dealkylation sites (tertiary alicyclic amines) is 1. The van der Waals surface area contributed by atoms with Crippen molar-refractivity contribution in [3.8, 4) is 0 Å². The van der Waals surface area contributed by atoms with Crippen molar-refractivity contribution < 1.29 is 4.79 Å². The highest BCUT2D eigenvalue weighted by atomic mass is 16.2. The second-order valence-corrected chi connectivity index (χ2v) is 8.44. The van der Waals surface area contributed by atoms with Gasteiger partial charge in [-0.15, -0.1) is 0 Å². The van der Waals surface area contributed by atoms with Crippen molar-refractivity contribution in [2.75, 3.05) is 13.1 Å². The van der Waals surface area contributed by atoms with E-state index in [2.05, 4.69) is 53.1 Å². The number of carbonyl (C=O) groups is 1. The van der Waals surface area contributed by atoms with Crippen LogP contribution in [-0.2, 0) is 6.42 Å². The Morgan fingerprint density at radius 2 is 1.58 bits per heavy atom. The second-order valence-electron chi connectivity index (χ2n) is 8.44. The third-order valence-corrected chi connectivity index (χ3v) is 6.29. The third kappa shape index (κ3) is 3.98. The van der Waals surface area contributed by atoms with Crippen molar-refractivity contribution in [3.05, 3.63) is 101 Å². The van der Waals surface area contributed by atoms with E-state index in [0.717, 1.165) is 49.3 Å². The maximum absolute atomic E-state index is 12.9. The summed E-state index contributed by atoms with van der Waals surface area (Å²) < 4.78 is 2.43. The molecule has 156 valence electrons. The molecule has 0 bridgehead atoms. The lowest BCUT2D eigenvalue weighted by Gasteiger charge is -2.33. The highest BCUT2D eigenvalue weighted by Crippen LogP contribution is 2.30. The number of amides is 1. The number of fused-ring (bicyclic) bond motifs is 1. The molecule has 4 heteroatoms. The van der Waals surface area contributed by atoms with Gasteiger partial charge in [0.15, 0.2) is 0 Å². The predicted molar refractivity (Wildman–Crippen MR) is 124 cm³/mol. The molecule has 0 radical (unpaired) electrons. The molecule has 0 spiro atoms. The Bertz CT molecular complexity index is 1190. The minimum absolute atomic E-state index is 0.137. The Labute approximate surface area is 183 Å². The molecule has 31 heavy (non-hydrogen) atoms. The number of nitrogens with zero attached hydrogens (tertiary/aromatic N) is 3. The molecular weight excluding hydrogens is 382 g/mol. The number of aromatic nitrogens is 2. The fraction of sp³-hybridized carbons (Fsp3) is 0.259. The first-order valence-electron chi connectivity index (χ1n) is 11.0. The molecule has 0 aliphatic carbocycles. The van der Waals surface area contributed by atoms with Crippen LogP contribution in [0.3, 0.4) is 0 Å². The van der Waals surface area contributed by atoms with Crippen molar-refractivity contribution in [1.29, 1.82) is 0 Å². The Morgan fingerprint density at radius 3 is 2.32 bits per heavy atom. The average molecular weight is 410 g/mol. The number of imidazole rings is 1. The lowest BCUT2D eigenvalue weighted by atomic mass is 10.0. The number of piperidine rings is 1. The molecule has 2 heterocycles. The summed E-state index contributed by atoms with van der Waals surface area (Å²) in [5.74, 6) is 1.24. The van der Waals surface area contributed by atoms with Gasteiger partial charge in [0.05, 0.1) is 11.0 Å². The van der Waals surface area contributed by atoms with Gasteiger partial charge in [0.2, 0.25) is 0 Å². The summed E-state index contributed by atoms with van der Waals surface area (Å²) in [7, 11) is 0. The van der Waals surface area contributed by atoms with E-state index in [4.69, 9.17) is 4.98 Å². The van der Waals surface area contributed by atoms with Crippen LogP contribution in [0.25, 0.3) is 11.0 Å². The molecule has 0 saturated carbocycles. The summed E-state index contributed by atoms with van der Waals surface area (Å²) in [6.45, 7) is 3.59. The van der Waals surface area contributed by atoms with E-state index in [1.807, 2.05) is 42.2 Å². The van der Waals surface area contributed by atoms with Crippen molar-refractivity contribution >= 4 is 16.9 Å². The van der Waals surface area contributed by atoms with E-state index in [9.17, 15) is 4.79 Å². The average Bonchev–Trinajstić information content (AvgIpc) is 3.17. The minimum Gasteiger partial charge on any atom is -0.338 e. The zero-order valence-corrected chi connectivity index (χ0v) is 17.9. The Morgan fingerprint density at radius 1 is 0.903 bits per heavy atom. The zero-order chi connectivity index (χ0) is 21.2. The molecule has 1 aliphatic heterocycles. The summed E-state index contributed by atoms with van der Waals surface area (Å²) in [6.07, 6.45) is 2.71.